The van der Waals surface area contributed by atoms with E-state index in [2.05, 4.69) is 188 Å². The van der Waals surface area contributed by atoms with Gasteiger partial charge in [0, 0.05) is 11.1 Å². The maximum absolute atomic E-state index is 5.11. The van der Waals surface area contributed by atoms with E-state index in [1.54, 1.807) is 0 Å². The minimum absolute atomic E-state index is 0.321. The van der Waals surface area contributed by atoms with Gasteiger partial charge in [0.25, 0.3) is 0 Å². The van der Waals surface area contributed by atoms with Crippen molar-refractivity contribution < 1.29 is 0 Å². The molecule has 1 spiro atoms. The highest BCUT2D eigenvalue weighted by atomic mass is 14.7. The maximum atomic E-state index is 5.11. The van der Waals surface area contributed by atoms with Gasteiger partial charge in [-0.2, -0.15) is 0 Å². The molecule has 0 N–H and O–H groups in total. The molecule has 228 valence electrons. The van der Waals surface area contributed by atoms with Gasteiger partial charge in [-0.25, -0.2) is 4.98 Å². The molecule has 8 aromatic rings. The zero-order chi connectivity index (χ0) is 32.4. The fourth-order valence-corrected chi connectivity index (χ4v) is 8.37. The zero-order valence-corrected chi connectivity index (χ0v) is 26.8. The van der Waals surface area contributed by atoms with Crippen LogP contribution in [0.3, 0.4) is 0 Å². The lowest BCUT2D eigenvalue weighted by molar-refractivity contribution is 0.794. The van der Waals surface area contributed by atoms with Crippen molar-refractivity contribution in [3.8, 4) is 67.0 Å². The highest BCUT2D eigenvalue weighted by Crippen LogP contribution is 2.62. The molecule has 7 aromatic carbocycles. The summed E-state index contributed by atoms with van der Waals surface area (Å²) in [5, 5.41) is 0. The maximum Gasteiger partial charge on any atom is 0.0725 e. The molecule has 0 fully saturated rings. The summed E-state index contributed by atoms with van der Waals surface area (Å²) in [5.41, 5.74) is 19.3. The summed E-state index contributed by atoms with van der Waals surface area (Å²) < 4.78 is 0. The van der Waals surface area contributed by atoms with Crippen LogP contribution in [0.15, 0.2) is 188 Å². The molecule has 0 unspecified atom stereocenters. The van der Waals surface area contributed by atoms with E-state index in [0.29, 0.717) is 0 Å². The van der Waals surface area contributed by atoms with Gasteiger partial charge in [0.1, 0.15) is 0 Å². The molecule has 10 rings (SSSR count). The van der Waals surface area contributed by atoms with E-state index < -0.39 is 0 Å². The molecule has 49 heavy (non-hydrogen) atoms. The van der Waals surface area contributed by atoms with E-state index in [-0.39, 0.29) is 5.41 Å². The van der Waals surface area contributed by atoms with Crippen LogP contribution in [0.5, 0.6) is 0 Å². The number of aromatic nitrogens is 1. The Hall–Kier alpha value is -6.31. The van der Waals surface area contributed by atoms with Gasteiger partial charge in [-0.05, 0) is 91.0 Å². The Labute approximate surface area is 286 Å². The van der Waals surface area contributed by atoms with E-state index in [9.17, 15) is 0 Å². The number of fused-ring (bicyclic) bond motifs is 10. The predicted molar refractivity (Wildman–Crippen MR) is 202 cm³/mol. The second kappa shape index (κ2) is 10.9. The smallest absolute Gasteiger partial charge is 0.0725 e. The lowest BCUT2D eigenvalue weighted by Gasteiger charge is -2.30. The van der Waals surface area contributed by atoms with E-state index >= 15 is 0 Å². The molecular weight excluding hydrogens is 591 g/mol. The normalized spacial score (nSPS) is 13.1. The summed E-state index contributed by atoms with van der Waals surface area (Å²) in [4.78, 5) is 5.11. The summed E-state index contributed by atoms with van der Waals surface area (Å²) in [6.45, 7) is 0. The SMILES string of the molecule is c1ccc(-c2cc(-c3cccc(-c4ccc5c(c4)-c4ccccc4C54c5ccccc5-c5ccccc54)c3)cc(-c3ccccc3)n2)cc1. The van der Waals surface area contributed by atoms with E-state index in [0.717, 1.165) is 28.1 Å². The Kier molecular flexibility index (Phi) is 6.16. The van der Waals surface area contributed by atoms with Crippen molar-refractivity contribution in [3.05, 3.63) is 210 Å². The first-order chi connectivity index (χ1) is 24.3. The molecule has 0 atom stereocenters. The molecule has 0 amide bonds. The highest BCUT2D eigenvalue weighted by molar-refractivity contribution is 5.96. The average molecular weight is 622 g/mol. The van der Waals surface area contributed by atoms with Crippen LogP contribution >= 0.6 is 0 Å². The van der Waals surface area contributed by atoms with Crippen molar-refractivity contribution in [2.45, 2.75) is 5.41 Å². The second-order valence-corrected chi connectivity index (χ2v) is 13.1. The van der Waals surface area contributed by atoms with Crippen molar-refractivity contribution in [3.63, 3.8) is 0 Å². The Morgan fingerprint density at radius 3 is 1.22 bits per heavy atom. The van der Waals surface area contributed by atoms with Crippen LogP contribution in [0, 0.1) is 0 Å². The fraction of sp³-hybridized carbons (Fsp3) is 0.0208. The molecule has 0 saturated carbocycles. The Balaban J connectivity index is 1.13. The van der Waals surface area contributed by atoms with Gasteiger partial charge in [-0.3, -0.25) is 0 Å². The van der Waals surface area contributed by atoms with Crippen molar-refractivity contribution in [2.75, 3.05) is 0 Å². The molecule has 0 bridgehead atoms. The van der Waals surface area contributed by atoms with Crippen LogP contribution in [0.25, 0.3) is 67.0 Å². The first kappa shape index (κ1) is 27.8. The predicted octanol–water partition coefficient (Wildman–Crippen LogP) is 12.1. The summed E-state index contributed by atoms with van der Waals surface area (Å²) in [6, 6.07) is 68.5. The van der Waals surface area contributed by atoms with Gasteiger partial charge in [0.15, 0.2) is 0 Å². The quantitative estimate of drug-likeness (QED) is 0.191. The third-order valence-electron chi connectivity index (χ3n) is 10.5. The van der Waals surface area contributed by atoms with Crippen molar-refractivity contribution in [1.29, 1.82) is 0 Å². The van der Waals surface area contributed by atoms with Crippen LogP contribution < -0.4 is 0 Å². The van der Waals surface area contributed by atoms with Crippen LogP contribution in [0.1, 0.15) is 22.3 Å². The van der Waals surface area contributed by atoms with Gasteiger partial charge in [0.2, 0.25) is 0 Å². The molecule has 0 aliphatic heterocycles. The lowest BCUT2D eigenvalue weighted by Crippen LogP contribution is -2.25. The number of hydrogen-bond donors (Lipinski definition) is 0. The van der Waals surface area contributed by atoms with E-state index in [4.69, 9.17) is 4.98 Å². The summed E-state index contributed by atoms with van der Waals surface area (Å²) in [7, 11) is 0. The minimum atomic E-state index is -0.321. The Bertz CT molecular complexity index is 2440. The molecule has 0 saturated heterocycles. The van der Waals surface area contributed by atoms with E-state index in [1.165, 1.54) is 61.2 Å². The van der Waals surface area contributed by atoms with Crippen molar-refractivity contribution in [1.82, 2.24) is 4.98 Å². The van der Waals surface area contributed by atoms with Gasteiger partial charge in [0.05, 0.1) is 16.8 Å². The highest BCUT2D eigenvalue weighted by Gasteiger charge is 2.51. The van der Waals surface area contributed by atoms with Crippen LogP contribution in [0.2, 0.25) is 0 Å². The van der Waals surface area contributed by atoms with Gasteiger partial charge in [-0.15, -0.1) is 0 Å². The summed E-state index contributed by atoms with van der Waals surface area (Å²) >= 11 is 0. The van der Waals surface area contributed by atoms with Gasteiger partial charge >= 0.3 is 0 Å². The lowest BCUT2D eigenvalue weighted by atomic mass is 9.70. The molecule has 1 heteroatoms. The molecule has 0 radical (unpaired) electrons. The first-order valence-electron chi connectivity index (χ1n) is 17.0. The van der Waals surface area contributed by atoms with Gasteiger partial charge < -0.3 is 0 Å². The van der Waals surface area contributed by atoms with Crippen molar-refractivity contribution >= 4 is 0 Å². The number of benzene rings is 7. The van der Waals surface area contributed by atoms with Gasteiger partial charge in [-0.1, -0.05) is 164 Å². The Morgan fingerprint density at radius 2 is 0.673 bits per heavy atom. The average Bonchev–Trinajstić information content (AvgIpc) is 3.65. The fourth-order valence-electron chi connectivity index (χ4n) is 8.37. The summed E-state index contributed by atoms with van der Waals surface area (Å²) in [6.07, 6.45) is 0. The zero-order valence-electron chi connectivity index (χ0n) is 26.8. The molecule has 1 heterocycles. The standard InChI is InChI=1S/C48H31N/c1-3-14-32(15-4-1)46-30-37(31-47(49-46)33-16-5-2-6-17-33)35-19-13-18-34(28-35)36-26-27-45-41(29-36)40-22-9-12-25-44(40)48(45)42-23-10-7-20-38(42)39-21-8-11-24-43(39)48/h1-31H. The number of rotatable bonds is 4. The van der Waals surface area contributed by atoms with Crippen LogP contribution in [-0.2, 0) is 5.41 Å². The van der Waals surface area contributed by atoms with Crippen LogP contribution in [-0.4, -0.2) is 4.98 Å². The minimum Gasteiger partial charge on any atom is -0.248 e. The first-order valence-corrected chi connectivity index (χ1v) is 17.0. The Morgan fingerprint density at radius 1 is 0.265 bits per heavy atom. The number of nitrogens with zero attached hydrogens (tertiary/aromatic N) is 1. The number of pyridine rings is 1. The molecular formula is C48H31N. The van der Waals surface area contributed by atoms with Crippen molar-refractivity contribution in [2.24, 2.45) is 0 Å². The second-order valence-electron chi connectivity index (χ2n) is 13.1. The third kappa shape index (κ3) is 4.16. The van der Waals surface area contributed by atoms with E-state index in [1.807, 2.05) is 0 Å². The monoisotopic (exact) mass is 621 g/mol. The number of hydrogen-bond acceptors (Lipinski definition) is 1. The largest absolute Gasteiger partial charge is 0.248 e. The molecule has 1 aromatic heterocycles. The molecule has 2 aliphatic rings. The molecule has 1 nitrogen and oxygen atoms in total. The summed E-state index contributed by atoms with van der Waals surface area (Å²) in [5.74, 6) is 0. The molecule has 2 aliphatic carbocycles. The topological polar surface area (TPSA) is 12.9 Å². The van der Waals surface area contributed by atoms with Crippen LogP contribution in [0.4, 0.5) is 0 Å². The third-order valence-corrected chi connectivity index (χ3v) is 10.5.